The largest absolute Gasteiger partial charge is 0.310 e. The molecule has 0 aromatic heterocycles. The van der Waals surface area contributed by atoms with Gasteiger partial charge in [0.25, 0.3) is 0 Å². The highest BCUT2D eigenvalue weighted by Crippen LogP contribution is 2.21. The van der Waals surface area contributed by atoms with Gasteiger partial charge in [-0.1, -0.05) is 18.2 Å². The van der Waals surface area contributed by atoms with Gasteiger partial charge in [-0.25, -0.2) is 4.39 Å². The van der Waals surface area contributed by atoms with Crippen LogP contribution in [0.5, 0.6) is 0 Å². The summed E-state index contributed by atoms with van der Waals surface area (Å²) in [5.74, 6) is -0.170. The molecule has 2 heteroatoms. The Morgan fingerprint density at radius 1 is 1.29 bits per heavy atom. The Morgan fingerprint density at radius 3 is 2.64 bits per heavy atom. The van der Waals surface area contributed by atoms with Crippen molar-refractivity contribution in [3.63, 3.8) is 0 Å². The first kappa shape index (κ1) is 9.41. The molecule has 74 valence electrons. The zero-order chi connectivity index (χ0) is 9.97. The number of hydrogen-bond donors (Lipinski definition) is 1. The van der Waals surface area contributed by atoms with Crippen molar-refractivity contribution in [3.8, 4) is 0 Å². The van der Waals surface area contributed by atoms with Gasteiger partial charge in [0.05, 0.1) is 0 Å². The third-order valence-corrected chi connectivity index (χ3v) is 2.53. The van der Waals surface area contributed by atoms with E-state index < -0.39 is 0 Å². The lowest BCUT2D eigenvalue weighted by Crippen LogP contribution is -2.29. The standard InChI is InChI=1S/C12H14FN/c1-9-8-11(6-7-14-9)10-2-4-12(13)5-3-10/h2-5,8-9,14H,6-7H2,1H3. The molecule has 0 saturated carbocycles. The minimum Gasteiger partial charge on any atom is -0.310 e. The van der Waals surface area contributed by atoms with Crippen LogP contribution in [-0.2, 0) is 0 Å². The quantitative estimate of drug-likeness (QED) is 0.719. The molecule has 1 heterocycles. The minimum atomic E-state index is -0.170. The van der Waals surface area contributed by atoms with Crippen molar-refractivity contribution in [1.82, 2.24) is 5.32 Å². The Hall–Kier alpha value is -1.15. The molecule has 2 rings (SSSR count). The fourth-order valence-electron chi connectivity index (χ4n) is 1.78. The van der Waals surface area contributed by atoms with Gasteiger partial charge in [0.2, 0.25) is 0 Å². The maximum absolute atomic E-state index is 12.7. The molecule has 1 atom stereocenters. The zero-order valence-corrected chi connectivity index (χ0v) is 8.26. The van der Waals surface area contributed by atoms with Crippen LogP contribution in [0.15, 0.2) is 30.3 Å². The second-order valence-corrected chi connectivity index (χ2v) is 3.69. The predicted molar refractivity (Wildman–Crippen MR) is 56.5 cm³/mol. The number of benzene rings is 1. The average molecular weight is 191 g/mol. The van der Waals surface area contributed by atoms with E-state index in [0.29, 0.717) is 6.04 Å². The van der Waals surface area contributed by atoms with Crippen molar-refractivity contribution >= 4 is 5.57 Å². The summed E-state index contributed by atoms with van der Waals surface area (Å²) in [4.78, 5) is 0. The molecule has 0 amide bonds. The van der Waals surface area contributed by atoms with Crippen LogP contribution >= 0.6 is 0 Å². The summed E-state index contributed by atoms with van der Waals surface area (Å²) in [5, 5.41) is 3.34. The molecule has 1 aliphatic rings. The Morgan fingerprint density at radius 2 is 2.00 bits per heavy atom. The molecular formula is C12H14FN. The molecule has 0 fully saturated rings. The number of hydrogen-bond acceptors (Lipinski definition) is 1. The van der Waals surface area contributed by atoms with Gasteiger partial charge in [0.1, 0.15) is 5.82 Å². The molecule has 14 heavy (non-hydrogen) atoms. The van der Waals surface area contributed by atoms with Crippen molar-refractivity contribution in [1.29, 1.82) is 0 Å². The van der Waals surface area contributed by atoms with Crippen LogP contribution in [0.2, 0.25) is 0 Å². The van der Waals surface area contributed by atoms with Crippen LogP contribution in [-0.4, -0.2) is 12.6 Å². The summed E-state index contributed by atoms with van der Waals surface area (Å²) in [5.41, 5.74) is 2.45. The first-order valence-electron chi connectivity index (χ1n) is 4.96. The van der Waals surface area contributed by atoms with E-state index in [1.807, 2.05) is 12.1 Å². The smallest absolute Gasteiger partial charge is 0.123 e. The monoisotopic (exact) mass is 191 g/mol. The fraction of sp³-hybridized carbons (Fsp3) is 0.333. The van der Waals surface area contributed by atoms with E-state index in [9.17, 15) is 4.39 Å². The first-order valence-corrected chi connectivity index (χ1v) is 4.96. The lowest BCUT2D eigenvalue weighted by molar-refractivity contribution is 0.619. The summed E-state index contributed by atoms with van der Waals surface area (Å²) in [6.45, 7) is 3.13. The minimum absolute atomic E-state index is 0.170. The lowest BCUT2D eigenvalue weighted by atomic mass is 9.98. The van der Waals surface area contributed by atoms with Crippen LogP contribution in [0.1, 0.15) is 18.9 Å². The summed E-state index contributed by atoms with van der Waals surface area (Å²) in [6.07, 6.45) is 3.23. The van der Waals surface area contributed by atoms with E-state index in [4.69, 9.17) is 0 Å². The Balaban J connectivity index is 2.26. The van der Waals surface area contributed by atoms with Crippen molar-refractivity contribution < 1.29 is 4.39 Å². The van der Waals surface area contributed by atoms with Gasteiger partial charge in [-0.05, 0) is 43.2 Å². The molecule has 1 unspecified atom stereocenters. The molecule has 1 aliphatic heterocycles. The molecule has 0 saturated heterocycles. The van der Waals surface area contributed by atoms with Gasteiger partial charge in [-0.3, -0.25) is 0 Å². The summed E-state index contributed by atoms with van der Waals surface area (Å²) in [7, 11) is 0. The van der Waals surface area contributed by atoms with E-state index in [1.165, 1.54) is 17.7 Å². The lowest BCUT2D eigenvalue weighted by Gasteiger charge is -2.19. The number of halogens is 1. The van der Waals surface area contributed by atoms with Crippen LogP contribution in [0.25, 0.3) is 5.57 Å². The van der Waals surface area contributed by atoms with E-state index in [2.05, 4.69) is 18.3 Å². The van der Waals surface area contributed by atoms with Crippen molar-refractivity contribution in [2.75, 3.05) is 6.54 Å². The Kier molecular flexibility index (Phi) is 2.64. The van der Waals surface area contributed by atoms with Gasteiger partial charge in [0.15, 0.2) is 0 Å². The van der Waals surface area contributed by atoms with E-state index in [0.717, 1.165) is 18.5 Å². The summed E-state index contributed by atoms with van der Waals surface area (Å²) >= 11 is 0. The van der Waals surface area contributed by atoms with Gasteiger partial charge >= 0.3 is 0 Å². The molecule has 0 spiro atoms. The third kappa shape index (κ3) is 2.02. The Bertz CT molecular complexity index is 340. The molecule has 0 aliphatic carbocycles. The molecule has 1 nitrogen and oxygen atoms in total. The molecule has 1 aromatic carbocycles. The topological polar surface area (TPSA) is 12.0 Å². The molecule has 1 aromatic rings. The van der Waals surface area contributed by atoms with E-state index in [1.54, 1.807) is 0 Å². The maximum Gasteiger partial charge on any atom is 0.123 e. The van der Waals surface area contributed by atoms with Crippen molar-refractivity contribution in [3.05, 3.63) is 41.7 Å². The van der Waals surface area contributed by atoms with Gasteiger partial charge in [-0.15, -0.1) is 0 Å². The molecule has 0 radical (unpaired) electrons. The third-order valence-electron chi connectivity index (χ3n) is 2.53. The second kappa shape index (κ2) is 3.93. The highest BCUT2D eigenvalue weighted by Gasteiger charge is 2.09. The van der Waals surface area contributed by atoms with E-state index in [-0.39, 0.29) is 5.82 Å². The molecular weight excluding hydrogens is 177 g/mol. The maximum atomic E-state index is 12.7. The van der Waals surface area contributed by atoms with Gasteiger partial charge in [0, 0.05) is 6.04 Å². The zero-order valence-electron chi connectivity index (χ0n) is 8.26. The molecule has 1 N–H and O–H groups in total. The highest BCUT2D eigenvalue weighted by molar-refractivity contribution is 5.66. The first-order chi connectivity index (χ1) is 6.75. The SMILES string of the molecule is CC1C=C(c2ccc(F)cc2)CCN1. The highest BCUT2D eigenvalue weighted by atomic mass is 19.1. The predicted octanol–water partition coefficient (Wildman–Crippen LogP) is 2.59. The average Bonchev–Trinajstić information content (AvgIpc) is 2.19. The van der Waals surface area contributed by atoms with Crippen molar-refractivity contribution in [2.24, 2.45) is 0 Å². The summed E-state index contributed by atoms with van der Waals surface area (Å²) in [6, 6.07) is 7.15. The van der Waals surface area contributed by atoms with Crippen LogP contribution in [0.3, 0.4) is 0 Å². The normalized spacial score (nSPS) is 21.9. The fourth-order valence-corrected chi connectivity index (χ4v) is 1.78. The summed E-state index contributed by atoms with van der Waals surface area (Å²) < 4.78 is 12.7. The molecule has 0 bridgehead atoms. The van der Waals surface area contributed by atoms with Crippen molar-refractivity contribution in [2.45, 2.75) is 19.4 Å². The van der Waals surface area contributed by atoms with Crippen LogP contribution in [0, 0.1) is 5.82 Å². The van der Waals surface area contributed by atoms with Gasteiger partial charge in [-0.2, -0.15) is 0 Å². The van der Waals surface area contributed by atoms with Gasteiger partial charge < -0.3 is 5.32 Å². The number of rotatable bonds is 1. The second-order valence-electron chi connectivity index (χ2n) is 3.69. The number of nitrogens with one attached hydrogen (secondary N) is 1. The van der Waals surface area contributed by atoms with Crippen LogP contribution in [0.4, 0.5) is 4.39 Å². The Labute approximate surface area is 83.6 Å². The van der Waals surface area contributed by atoms with Crippen LogP contribution < -0.4 is 5.32 Å². The van der Waals surface area contributed by atoms with E-state index >= 15 is 0 Å².